The highest BCUT2D eigenvalue weighted by atomic mass is 16.7. The second-order valence-corrected chi connectivity index (χ2v) is 7.55. The van der Waals surface area contributed by atoms with Crippen LogP contribution in [0.25, 0.3) is 10.8 Å². The molecule has 2 aromatic carbocycles. The molecule has 0 heterocycles. The van der Waals surface area contributed by atoms with Crippen molar-refractivity contribution in [1.82, 2.24) is 0 Å². The first kappa shape index (κ1) is 23.2. The van der Waals surface area contributed by atoms with E-state index in [1.807, 2.05) is 49.4 Å². The summed E-state index contributed by atoms with van der Waals surface area (Å²) in [6.45, 7) is 4.41. The lowest BCUT2D eigenvalue weighted by atomic mass is 9.86. The van der Waals surface area contributed by atoms with Crippen molar-refractivity contribution in [3.8, 4) is 0 Å². The Kier molecular flexibility index (Phi) is 8.03. The standard InChI is InChI=1S/C24H30O7/c1-3-11-28-16-31-22-20(25)13-24(27,23(26)29-4-2)14-21(22)30-15-17-9-10-18-7-5-6-8-19(18)12-17/h5-10,12,14,20,22,25,27H,3-4,11,13,15-16H2,1-2H3/t20-,22+,24-/m1/s1. The van der Waals surface area contributed by atoms with Crippen LogP contribution in [0.5, 0.6) is 0 Å². The van der Waals surface area contributed by atoms with Gasteiger partial charge in [0, 0.05) is 13.0 Å². The van der Waals surface area contributed by atoms with Crippen molar-refractivity contribution in [3.63, 3.8) is 0 Å². The van der Waals surface area contributed by atoms with Gasteiger partial charge in [0.25, 0.3) is 0 Å². The van der Waals surface area contributed by atoms with E-state index in [4.69, 9.17) is 18.9 Å². The van der Waals surface area contributed by atoms with E-state index >= 15 is 0 Å². The summed E-state index contributed by atoms with van der Waals surface area (Å²) < 4.78 is 21.9. The predicted octanol–water partition coefficient (Wildman–Crippen LogP) is 3.07. The maximum Gasteiger partial charge on any atom is 0.342 e. The molecule has 7 heteroatoms. The Morgan fingerprint density at radius 3 is 2.68 bits per heavy atom. The number of carbonyl (C=O) groups excluding carboxylic acids is 1. The van der Waals surface area contributed by atoms with Gasteiger partial charge in [0.2, 0.25) is 0 Å². The molecule has 0 bridgehead atoms. The van der Waals surface area contributed by atoms with Crippen LogP contribution < -0.4 is 0 Å². The Balaban J connectivity index is 1.79. The third-order valence-electron chi connectivity index (χ3n) is 5.06. The van der Waals surface area contributed by atoms with Gasteiger partial charge in [-0.25, -0.2) is 4.79 Å². The maximum atomic E-state index is 12.3. The molecule has 31 heavy (non-hydrogen) atoms. The first-order valence-electron chi connectivity index (χ1n) is 10.6. The van der Waals surface area contributed by atoms with Crippen LogP contribution in [0.3, 0.4) is 0 Å². The van der Waals surface area contributed by atoms with Gasteiger partial charge in [0.05, 0.1) is 12.7 Å². The molecule has 1 aliphatic carbocycles. The molecule has 7 nitrogen and oxygen atoms in total. The number of esters is 1. The van der Waals surface area contributed by atoms with Crippen molar-refractivity contribution < 1.29 is 34.0 Å². The van der Waals surface area contributed by atoms with E-state index < -0.39 is 23.8 Å². The molecule has 0 aliphatic heterocycles. The first-order chi connectivity index (χ1) is 15.0. The number of rotatable bonds is 10. The average Bonchev–Trinajstić information content (AvgIpc) is 2.76. The fraction of sp³-hybridized carbons (Fsp3) is 0.458. The number of hydrogen-bond acceptors (Lipinski definition) is 7. The van der Waals surface area contributed by atoms with Gasteiger partial charge in [-0.05, 0) is 41.8 Å². The van der Waals surface area contributed by atoms with Crippen molar-refractivity contribution in [2.45, 2.75) is 51.1 Å². The fourth-order valence-corrected chi connectivity index (χ4v) is 3.53. The van der Waals surface area contributed by atoms with E-state index in [2.05, 4.69) is 0 Å². The van der Waals surface area contributed by atoms with Crippen molar-refractivity contribution in [1.29, 1.82) is 0 Å². The summed E-state index contributed by atoms with van der Waals surface area (Å²) in [5.41, 5.74) is -1.08. The molecule has 168 valence electrons. The zero-order valence-electron chi connectivity index (χ0n) is 18.0. The van der Waals surface area contributed by atoms with Gasteiger partial charge in [-0.15, -0.1) is 0 Å². The summed E-state index contributed by atoms with van der Waals surface area (Å²) in [6, 6.07) is 13.9. The molecule has 0 spiro atoms. The Bertz CT molecular complexity index is 910. The molecular formula is C24H30O7. The lowest BCUT2D eigenvalue weighted by molar-refractivity contribution is -0.173. The van der Waals surface area contributed by atoms with Crippen LogP contribution in [0, 0.1) is 0 Å². The molecule has 3 rings (SSSR count). The van der Waals surface area contributed by atoms with E-state index in [9.17, 15) is 15.0 Å². The maximum absolute atomic E-state index is 12.3. The zero-order chi connectivity index (χ0) is 22.3. The molecule has 2 aromatic rings. The van der Waals surface area contributed by atoms with Gasteiger partial charge in [0.1, 0.15) is 25.3 Å². The number of fused-ring (bicyclic) bond motifs is 1. The van der Waals surface area contributed by atoms with Crippen molar-refractivity contribution in [3.05, 3.63) is 59.9 Å². The molecule has 0 unspecified atom stereocenters. The van der Waals surface area contributed by atoms with E-state index in [1.54, 1.807) is 6.92 Å². The van der Waals surface area contributed by atoms with Crippen LogP contribution in [0.2, 0.25) is 0 Å². The highest BCUT2D eigenvalue weighted by Gasteiger charge is 2.46. The van der Waals surface area contributed by atoms with Crippen molar-refractivity contribution in [2.24, 2.45) is 0 Å². The van der Waals surface area contributed by atoms with Gasteiger partial charge in [-0.1, -0.05) is 43.3 Å². The summed E-state index contributed by atoms with van der Waals surface area (Å²) in [7, 11) is 0. The number of aliphatic hydroxyl groups is 2. The van der Waals surface area contributed by atoms with Crippen molar-refractivity contribution >= 4 is 16.7 Å². The SMILES string of the molecule is CCCOCO[C@@H]1C(OCc2ccc3ccccc3c2)=C[C@@](O)(C(=O)OCC)C[C@H]1O. The Labute approximate surface area is 182 Å². The number of benzene rings is 2. The number of carbonyl (C=O) groups is 1. The second kappa shape index (κ2) is 10.7. The number of aliphatic hydroxyl groups excluding tert-OH is 1. The third-order valence-corrected chi connectivity index (χ3v) is 5.06. The first-order valence-corrected chi connectivity index (χ1v) is 10.6. The molecular weight excluding hydrogens is 400 g/mol. The average molecular weight is 430 g/mol. The minimum absolute atomic E-state index is 0.0376. The molecule has 1 aliphatic rings. The van der Waals surface area contributed by atoms with E-state index in [0.717, 1.165) is 22.8 Å². The molecule has 2 N–H and O–H groups in total. The van der Waals surface area contributed by atoms with Crippen LogP contribution in [0.15, 0.2) is 54.3 Å². The summed E-state index contributed by atoms with van der Waals surface area (Å²) in [6.07, 6.45) is -0.181. The van der Waals surface area contributed by atoms with Crippen LogP contribution in [0.4, 0.5) is 0 Å². The van der Waals surface area contributed by atoms with Gasteiger partial charge in [-0.2, -0.15) is 0 Å². The molecule has 0 saturated heterocycles. The summed E-state index contributed by atoms with van der Waals surface area (Å²) >= 11 is 0. The van der Waals surface area contributed by atoms with Gasteiger partial charge in [-0.3, -0.25) is 0 Å². The minimum atomic E-state index is -1.99. The van der Waals surface area contributed by atoms with Gasteiger partial charge in [0.15, 0.2) is 5.60 Å². The zero-order valence-corrected chi connectivity index (χ0v) is 18.0. The topological polar surface area (TPSA) is 94.5 Å². The Morgan fingerprint density at radius 2 is 1.94 bits per heavy atom. The Morgan fingerprint density at radius 1 is 1.16 bits per heavy atom. The number of ether oxygens (including phenoxy) is 4. The quantitative estimate of drug-likeness (QED) is 0.340. The normalized spacial score (nSPS) is 23.4. The van der Waals surface area contributed by atoms with Crippen LogP contribution in [0.1, 0.15) is 32.3 Å². The van der Waals surface area contributed by atoms with Crippen LogP contribution >= 0.6 is 0 Å². The summed E-state index contributed by atoms with van der Waals surface area (Å²) in [5, 5.41) is 23.6. The monoisotopic (exact) mass is 430 g/mol. The van der Waals surface area contributed by atoms with Crippen molar-refractivity contribution in [2.75, 3.05) is 20.0 Å². The lowest BCUT2D eigenvalue weighted by Gasteiger charge is -2.36. The fourth-order valence-electron chi connectivity index (χ4n) is 3.53. The largest absolute Gasteiger partial charge is 0.491 e. The molecule has 0 fully saturated rings. The third kappa shape index (κ3) is 5.83. The van der Waals surface area contributed by atoms with Gasteiger partial charge < -0.3 is 29.2 Å². The highest BCUT2D eigenvalue weighted by molar-refractivity contribution is 5.83. The molecule has 0 radical (unpaired) electrons. The summed E-state index contributed by atoms with van der Waals surface area (Å²) in [4.78, 5) is 12.3. The molecule has 3 atom stereocenters. The smallest absolute Gasteiger partial charge is 0.342 e. The van der Waals surface area contributed by atoms with Crippen LogP contribution in [-0.4, -0.2) is 54.0 Å². The van der Waals surface area contributed by atoms with Gasteiger partial charge >= 0.3 is 5.97 Å². The van der Waals surface area contributed by atoms with E-state index in [1.165, 1.54) is 6.08 Å². The molecule has 0 saturated carbocycles. The molecule has 0 aromatic heterocycles. The Hall–Kier alpha value is -2.45. The van der Waals surface area contributed by atoms with E-state index in [0.29, 0.717) is 6.61 Å². The van der Waals surface area contributed by atoms with E-state index in [-0.39, 0.29) is 32.2 Å². The van der Waals surface area contributed by atoms with Crippen LogP contribution in [-0.2, 0) is 30.3 Å². The number of hydrogen-bond donors (Lipinski definition) is 2. The molecule has 0 amide bonds. The predicted molar refractivity (Wildman–Crippen MR) is 115 cm³/mol. The second-order valence-electron chi connectivity index (χ2n) is 7.55. The highest BCUT2D eigenvalue weighted by Crippen LogP contribution is 2.32. The lowest BCUT2D eigenvalue weighted by Crippen LogP contribution is -2.50. The summed E-state index contributed by atoms with van der Waals surface area (Å²) in [5.74, 6) is -0.663. The minimum Gasteiger partial charge on any atom is -0.491 e.